The average molecular weight is 670 g/mol. The number of carbonyl (C=O) groups excluding carboxylic acids is 1. The Hall–Kier alpha value is -5.44. The van der Waals surface area contributed by atoms with E-state index in [2.05, 4.69) is 4.99 Å². The number of hydrogen-bond acceptors (Lipinski definition) is 10. The fourth-order valence-electron chi connectivity index (χ4n) is 4.94. The van der Waals surface area contributed by atoms with Crippen LogP contribution in [0, 0.1) is 10.1 Å². The van der Waals surface area contributed by atoms with E-state index in [1.165, 1.54) is 30.9 Å². The fraction of sp³-hybridized carbons (Fsp3) is 0.219. The number of alkyl halides is 3. The summed E-state index contributed by atoms with van der Waals surface area (Å²) in [6.45, 7) is 3.48. The third-order valence-corrected chi connectivity index (χ3v) is 8.12. The van der Waals surface area contributed by atoms with Crippen molar-refractivity contribution in [2.24, 2.45) is 4.99 Å². The highest BCUT2D eigenvalue weighted by atomic mass is 32.1. The number of nitro benzene ring substituents is 1. The minimum atomic E-state index is -4.78. The summed E-state index contributed by atoms with van der Waals surface area (Å²) >= 11 is 1.10. The van der Waals surface area contributed by atoms with E-state index in [1.807, 2.05) is 0 Å². The van der Waals surface area contributed by atoms with Crippen molar-refractivity contribution < 1.29 is 41.8 Å². The average Bonchev–Trinajstić information content (AvgIpc) is 3.34. The lowest BCUT2D eigenvalue weighted by Gasteiger charge is -2.24. The van der Waals surface area contributed by atoms with Crippen LogP contribution in [0.5, 0.6) is 23.0 Å². The number of allylic oxidation sites excluding steroid dienone is 1. The topological polar surface area (TPSA) is 131 Å². The summed E-state index contributed by atoms with van der Waals surface area (Å²) in [5.41, 5.74) is -0.771. The maximum Gasteiger partial charge on any atom is 0.416 e. The Bertz CT molecular complexity index is 2090. The molecule has 5 rings (SSSR count). The molecule has 0 spiro atoms. The molecule has 1 atom stereocenters. The molecule has 0 fully saturated rings. The molecular weight excluding hydrogens is 643 g/mol. The molecule has 0 saturated carbocycles. The Balaban J connectivity index is 1.56. The summed E-state index contributed by atoms with van der Waals surface area (Å²) in [6, 6.07) is 12.5. The van der Waals surface area contributed by atoms with E-state index < -0.39 is 45.7 Å². The molecule has 0 aliphatic carbocycles. The molecule has 0 radical (unpaired) electrons. The number of esters is 1. The number of nitrogens with zero attached hydrogens (tertiary/aromatic N) is 3. The first-order chi connectivity index (χ1) is 22.4. The molecule has 1 aliphatic heterocycles. The van der Waals surface area contributed by atoms with Crippen LogP contribution in [0.25, 0.3) is 6.08 Å². The number of carbonyl (C=O) groups is 1. The van der Waals surface area contributed by atoms with E-state index in [0.29, 0.717) is 39.5 Å². The van der Waals surface area contributed by atoms with Gasteiger partial charge >= 0.3 is 17.8 Å². The molecule has 4 aromatic rings. The smallest absolute Gasteiger partial charge is 0.416 e. The molecule has 244 valence electrons. The second kappa shape index (κ2) is 13.1. The van der Waals surface area contributed by atoms with Crippen molar-refractivity contribution in [1.29, 1.82) is 0 Å². The number of aromatic nitrogens is 1. The number of ether oxygens (including phenoxy) is 4. The van der Waals surface area contributed by atoms with Crippen molar-refractivity contribution in [3.8, 4) is 23.0 Å². The van der Waals surface area contributed by atoms with Gasteiger partial charge in [0, 0.05) is 6.07 Å². The highest BCUT2D eigenvalue weighted by Crippen LogP contribution is 2.40. The Morgan fingerprint density at radius 3 is 2.36 bits per heavy atom. The van der Waals surface area contributed by atoms with Crippen LogP contribution >= 0.6 is 11.3 Å². The number of rotatable bonds is 9. The van der Waals surface area contributed by atoms with Crippen LogP contribution in [0.15, 0.2) is 81.7 Å². The van der Waals surface area contributed by atoms with Gasteiger partial charge in [-0.05, 0) is 67.4 Å². The van der Waals surface area contributed by atoms with Gasteiger partial charge in [-0.2, -0.15) is 13.2 Å². The number of fused-ring (bicyclic) bond motifs is 1. The van der Waals surface area contributed by atoms with E-state index >= 15 is 0 Å². The van der Waals surface area contributed by atoms with Crippen molar-refractivity contribution in [3.63, 3.8) is 0 Å². The summed E-state index contributed by atoms with van der Waals surface area (Å²) in [7, 11) is 2.84. The first-order valence-corrected chi connectivity index (χ1v) is 14.7. The molecule has 0 N–H and O–H groups in total. The van der Waals surface area contributed by atoms with Crippen LogP contribution in [0.2, 0.25) is 0 Å². The Kier molecular flexibility index (Phi) is 9.19. The van der Waals surface area contributed by atoms with E-state index in [9.17, 15) is 32.9 Å². The largest absolute Gasteiger partial charge is 0.497 e. The quantitative estimate of drug-likeness (QED) is 0.129. The fourth-order valence-corrected chi connectivity index (χ4v) is 5.99. The van der Waals surface area contributed by atoms with Gasteiger partial charge in [0.05, 0.1) is 53.2 Å². The van der Waals surface area contributed by atoms with Gasteiger partial charge in [-0.3, -0.25) is 19.5 Å². The molecular formula is C32H26F3N3O8S. The first-order valence-electron chi connectivity index (χ1n) is 13.9. The molecule has 1 aliphatic rings. The van der Waals surface area contributed by atoms with Crippen LogP contribution in [-0.4, -0.2) is 36.3 Å². The third kappa shape index (κ3) is 6.60. The molecule has 1 aromatic heterocycles. The molecule has 15 heteroatoms. The van der Waals surface area contributed by atoms with E-state index in [4.69, 9.17) is 18.9 Å². The summed E-state index contributed by atoms with van der Waals surface area (Å²) < 4.78 is 62.7. The maximum atomic E-state index is 13.9. The lowest BCUT2D eigenvalue weighted by molar-refractivity contribution is -0.385. The Morgan fingerprint density at radius 2 is 1.74 bits per heavy atom. The molecule has 0 saturated heterocycles. The number of methoxy groups -OCH3 is 2. The predicted molar refractivity (Wildman–Crippen MR) is 165 cm³/mol. The first kappa shape index (κ1) is 32.9. The third-order valence-electron chi connectivity index (χ3n) is 7.14. The van der Waals surface area contributed by atoms with E-state index in [-0.39, 0.29) is 28.2 Å². The minimum Gasteiger partial charge on any atom is -0.497 e. The van der Waals surface area contributed by atoms with Crippen LogP contribution in [0.3, 0.4) is 0 Å². The van der Waals surface area contributed by atoms with Gasteiger partial charge < -0.3 is 18.9 Å². The van der Waals surface area contributed by atoms with Crippen molar-refractivity contribution in [3.05, 3.63) is 118 Å². The SMILES string of the molecule is CCOC(=O)C1=C(C)N=c2sc(=Cc3ccc(Oc4ccc(C(F)(F)F)cc4[N+](=O)[O-])c(OC)c3)c(=O)n2[C@@H]1c1ccc(OC)cc1. The number of hydrogen-bond donors (Lipinski definition) is 0. The standard InChI is InChI=1S/C32H26F3N3O8S/c1-5-45-30(40)27-17(2)36-31-37(28(27)19-7-10-21(43-3)11-8-19)29(39)26(47-31)15-18-6-12-24(25(14-18)44-4)46-23-13-9-20(32(33,34)35)16-22(23)38(41)42/h6-16,28H,5H2,1-4H3/t28-/m1/s1. The van der Waals surface area contributed by atoms with Crippen molar-refractivity contribution in [1.82, 2.24) is 4.57 Å². The predicted octanol–water partition coefficient (Wildman–Crippen LogP) is 5.53. The summed E-state index contributed by atoms with van der Waals surface area (Å²) in [4.78, 5) is 42.4. The zero-order valence-corrected chi connectivity index (χ0v) is 26.1. The van der Waals surface area contributed by atoms with Gasteiger partial charge in [0.25, 0.3) is 5.56 Å². The van der Waals surface area contributed by atoms with E-state index in [0.717, 1.165) is 17.4 Å². The van der Waals surface area contributed by atoms with Gasteiger partial charge in [-0.15, -0.1) is 0 Å². The van der Waals surface area contributed by atoms with E-state index in [1.54, 1.807) is 50.3 Å². The highest BCUT2D eigenvalue weighted by Gasteiger charge is 2.35. The van der Waals surface area contributed by atoms with Crippen LogP contribution in [-0.2, 0) is 15.7 Å². The van der Waals surface area contributed by atoms with Gasteiger partial charge in [0.1, 0.15) is 5.75 Å². The van der Waals surface area contributed by atoms with Crippen LogP contribution in [0.1, 0.15) is 36.6 Å². The van der Waals surface area contributed by atoms with Gasteiger partial charge in [0.15, 0.2) is 16.3 Å². The van der Waals surface area contributed by atoms with Crippen molar-refractivity contribution in [2.75, 3.05) is 20.8 Å². The number of thiazole rings is 1. The molecule has 3 aromatic carbocycles. The van der Waals surface area contributed by atoms with Gasteiger partial charge in [-0.25, -0.2) is 9.79 Å². The zero-order valence-electron chi connectivity index (χ0n) is 25.3. The van der Waals surface area contributed by atoms with Crippen molar-refractivity contribution in [2.45, 2.75) is 26.1 Å². The van der Waals surface area contributed by atoms with Gasteiger partial charge in [0.2, 0.25) is 5.75 Å². The lowest BCUT2D eigenvalue weighted by Crippen LogP contribution is -2.39. The summed E-state index contributed by atoms with van der Waals surface area (Å²) in [6.07, 6.45) is -3.21. The second-order valence-electron chi connectivity index (χ2n) is 10.0. The lowest BCUT2D eigenvalue weighted by atomic mass is 9.96. The van der Waals surface area contributed by atoms with Crippen LogP contribution < -0.4 is 29.1 Å². The Morgan fingerprint density at radius 1 is 1.04 bits per heavy atom. The number of benzene rings is 3. The normalized spacial score (nSPS) is 14.7. The molecule has 0 unspecified atom stereocenters. The second-order valence-corrected chi connectivity index (χ2v) is 11.0. The molecule has 47 heavy (non-hydrogen) atoms. The molecule has 2 heterocycles. The molecule has 0 bridgehead atoms. The molecule has 11 nitrogen and oxygen atoms in total. The number of halogens is 3. The Labute approximate surface area is 268 Å². The molecule has 0 amide bonds. The highest BCUT2D eigenvalue weighted by molar-refractivity contribution is 7.07. The zero-order chi connectivity index (χ0) is 34.0. The minimum absolute atomic E-state index is 0.0109. The monoisotopic (exact) mass is 669 g/mol. The number of nitro groups is 1. The van der Waals surface area contributed by atoms with Crippen molar-refractivity contribution >= 4 is 29.1 Å². The maximum absolute atomic E-state index is 13.9. The summed E-state index contributed by atoms with van der Waals surface area (Å²) in [5.74, 6) is -0.347. The van der Waals surface area contributed by atoms with Crippen LogP contribution in [0.4, 0.5) is 18.9 Å². The summed E-state index contributed by atoms with van der Waals surface area (Å²) in [5, 5.41) is 11.5. The van der Waals surface area contributed by atoms with Gasteiger partial charge in [-0.1, -0.05) is 29.5 Å².